The monoisotopic (exact) mass is 715 g/mol. The fourth-order valence-electron chi connectivity index (χ4n) is 5.61. The number of nitrogens with one attached hydrogen (secondary N) is 1. The number of carboxylic acids is 1. The summed E-state index contributed by atoms with van der Waals surface area (Å²) in [5, 5.41) is 22.4. The van der Waals surface area contributed by atoms with Crippen LogP contribution < -0.4 is 25.0 Å². The molecule has 0 saturated carbocycles. The Labute approximate surface area is 290 Å². The van der Waals surface area contributed by atoms with Crippen molar-refractivity contribution in [1.82, 2.24) is 9.47 Å². The largest absolute Gasteiger partial charge is 0.497 e. The highest BCUT2D eigenvalue weighted by molar-refractivity contribution is 6.36. The van der Waals surface area contributed by atoms with Crippen LogP contribution in [-0.4, -0.2) is 70.8 Å². The van der Waals surface area contributed by atoms with Crippen molar-refractivity contribution in [3.8, 4) is 22.9 Å². The highest BCUT2D eigenvalue weighted by Crippen LogP contribution is 2.39. The second kappa shape index (κ2) is 14.4. The number of carbonyl (C=O) groups is 2. The van der Waals surface area contributed by atoms with Gasteiger partial charge in [0.2, 0.25) is 5.43 Å². The molecule has 0 bridgehead atoms. The zero-order valence-corrected chi connectivity index (χ0v) is 28.7. The molecule has 2 heterocycles. The molecule has 15 heteroatoms. The van der Waals surface area contributed by atoms with Gasteiger partial charge in [-0.1, -0.05) is 11.6 Å². The maximum Gasteiger partial charge on any atom is 0.410 e. The number of aliphatic hydroxyl groups excluding tert-OH is 1. The number of benzene rings is 3. The molecule has 1 unspecified atom stereocenters. The highest BCUT2D eigenvalue weighted by Gasteiger charge is 2.33. The maximum absolute atomic E-state index is 15.7. The molecule has 1 aliphatic rings. The van der Waals surface area contributed by atoms with Gasteiger partial charge in [0.1, 0.15) is 39.6 Å². The number of anilines is 1. The maximum atomic E-state index is 15.7. The number of halogens is 3. The number of carboxylic acid groups (broad SMARTS) is 1. The van der Waals surface area contributed by atoms with E-state index in [9.17, 15) is 24.6 Å². The predicted octanol–water partition coefficient (Wildman–Crippen LogP) is 6.13. The van der Waals surface area contributed by atoms with Gasteiger partial charge >= 0.3 is 12.1 Å². The number of aliphatic hydroxyl groups is 1. The molecule has 3 aromatic carbocycles. The first-order valence-corrected chi connectivity index (χ1v) is 15.9. The van der Waals surface area contributed by atoms with Crippen molar-refractivity contribution in [2.75, 3.05) is 32.6 Å². The number of likely N-dealkylation sites (tertiary alicyclic amines) is 1. The number of nitrogens with zero attached hydrogens (tertiary/aromatic N) is 2. The van der Waals surface area contributed by atoms with E-state index in [1.807, 2.05) is 0 Å². The molecular formula is C35H36ClF2N3O9. The van der Waals surface area contributed by atoms with Crippen LogP contribution in [0.15, 0.2) is 47.4 Å². The van der Waals surface area contributed by atoms with Crippen LogP contribution in [0.25, 0.3) is 16.6 Å². The van der Waals surface area contributed by atoms with Crippen LogP contribution >= 0.6 is 11.6 Å². The van der Waals surface area contributed by atoms with Gasteiger partial charge in [-0.15, -0.1) is 0 Å². The van der Waals surface area contributed by atoms with E-state index < -0.39 is 64.1 Å². The lowest BCUT2D eigenvalue weighted by molar-refractivity contribution is 0.0275. The smallest absolute Gasteiger partial charge is 0.410 e. The number of pyridine rings is 1. The van der Waals surface area contributed by atoms with E-state index in [0.29, 0.717) is 23.5 Å². The van der Waals surface area contributed by atoms with Crippen molar-refractivity contribution < 1.29 is 47.5 Å². The summed E-state index contributed by atoms with van der Waals surface area (Å²) in [6.45, 7) is 4.91. The van der Waals surface area contributed by atoms with Crippen molar-refractivity contribution in [2.45, 2.75) is 52.0 Å². The summed E-state index contributed by atoms with van der Waals surface area (Å²) < 4.78 is 54.3. The zero-order valence-electron chi connectivity index (χ0n) is 27.9. The summed E-state index contributed by atoms with van der Waals surface area (Å²) in [4.78, 5) is 39.5. The zero-order chi connectivity index (χ0) is 36.5. The molecule has 0 radical (unpaired) electrons. The van der Waals surface area contributed by atoms with Gasteiger partial charge in [0.15, 0.2) is 11.6 Å². The molecule has 1 amide bonds. The topological polar surface area (TPSA) is 149 Å². The summed E-state index contributed by atoms with van der Waals surface area (Å²) in [7, 11) is 2.98. The average molecular weight is 716 g/mol. The Hall–Kier alpha value is -5.08. The van der Waals surface area contributed by atoms with Crippen molar-refractivity contribution in [1.29, 1.82) is 0 Å². The lowest BCUT2D eigenvalue weighted by Gasteiger charge is -2.24. The molecule has 266 valence electrons. The van der Waals surface area contributed by atoms with Crippen LogP contribution in [0.4, 0.5) is 19.3 Å². The number of ether oxygens (including phenoxy) is 4. The summed E-state index contributed by atoms with van der Waals surface area (Å²) in [6.07, 6.45) is 0.0306. The lowest BCUT2D eigenvalue weighted by atomic mass is 10.1. The quantitative estimate of drug-likeness (QED) is 0.175. The normalized spacial score (nSPS) is 14.5. The molecule has 1 saturated heterocycles. The van der Waals surface area contributed by atoms with Gasteiger partial charge in [-0.3, -0.25) is 4.79 Å². The van der Waals surface area contributed by atoms with Crippen LogP contribution in [0, 0.1) is 11.6 Å². The molecule has 3 N–H and O–H groups in total. The first kappa shape index (κ1) is 36.2. The van der Waals surface area contributed by atoms with E-state index >= 15 is 8.78 Å². The minimum absolute atomic E-state index is 0.00280. The van der Waals surface area contributed by atoms with Gasteiger partial charge in [-0.2, -0.15) is 0 Å². The molecule has 50 heavy (non-hydrogen) atoms. The highest BCUT2D eigenvalue weighted by atomic mass is 35.5. The summed E-state index contributed by atoms with van der Waals surface area (Å²) >= 11 is 6.78. The standard InChI is InChI=1S/C35H36ClF2N3O9/c1-35(2,3)50-34(46)40-9-8-21(15-40)49-32-25(38)12-22-30(29(32)36)41(16-23(31(22)43)33(44)45)27-13-26(24(37)10-19(27)17-42)39-14-18-6-7-20(47-4)11-28(18)48-5/h6-7,10-13,16,21,39,42H,8-9,14-15,17H2,1-5H3,(H,44,45). The number of hydrogen-bond acceptors (Lipinski definition) is 9. The van der Waals surface area contributed by atoms with Crippen molar-refractivity contribution in [3.05, 3.63) is 86.2 Å². The van der Waals surface area contributed by atoms with E-state index in [0.717, 1.165) is 18.3 Å². The summed E-state index contributed by atoms with van der Waals surface area (Å²) in [6, 6.07) is 8.27. The predicted molar refractivity (Wildman–Crippen MR) is 181 cm³/mol. The number of aromatic nitrogens is 1. The van der Waals surface area contributed by atoms with E-state index in [-0.39, 0.29) is 47.1 Å². The Balaban J connectivity index is 1.59. The second-order valence-electron chi connectivity index (χ2n) is 12.5. The molecule has 0 spiro atoms. The Morgan fingerprint density at radius 3 is 2.44 bits per heavy atom. The average Bonchev–Trinajstić information content (AvgIpc) is 3.54. The number of methoxy groups -OCH3 is 2. The number of fused-ring (bicyclic) bond motifs is 1. The molecule has 1 atom stereocenters. The minimum atomic E-state index is -1.60. The van der Waals surface area contributed by atoms with Crippen LogP contribution in [0.5, 0.6) is 17.2 Å². The van der Waals surface area contributed by atoms with Crippen LogP contribution in [0.3, 0.4) is 0 Å². The third kappa shape index (κ3) is 7.41. The number of rotatable bonds is 10. The Morgan fingerprint density at radius 2 is 1.80 bits per heavy atom. The number of hydrogen-bond donors (Lipinski definition) is 3. The van der Waals surface area contributed by atoms with Crippen molar-refractivity contribution in [3.63, 3.8) is 0 Å². The minimum Gasteiger partial charge on any atom is -0.497 e. The van der Waals surface area contributed by atoms with Crippen molar-refractivity contribution >= 4 is 40.3 Å². The van der Waals surface area contributed by atoms with Crippen LogP contribution in [-0.2, 0) is 17.9 Å². The van der Waals surface area contributed by atoms with E-state index in [1.165, 1.54) is 29.8 Å². The van der Waals surface area contributed by atoms with E-state index in [1.54, 1.807) is 39.0 Å². The van der Waals surface area contributed by atoms with Gasteiger partial charge in [0, 0.05) is 42.9 Å². The molecule has 1 aromatic heterocycles. The molecule has 4 aromatic rings. The molecule has 12 nitrogen and oxygen atoms in total. The summed E-state index contributed by atoms with van der Waals surface area (Å²) in [5.41, 5.74) is -1.98. The van der Waals surface area contributed by atoms with Gasteiger partial charge < -0.3 is 43.9 Å². The van der Waals surface area contributed by atoms with Gasteiger partial charge in [-0.05, 0) is 51.1 Å². The molecule has 1 aliphatic heterocycles. The first-order chi connectivity index (χ1) is 23.6. The molecular weight excluding hydrogens is 680 g/mol. The molecule has 0 aliphatic carbocycles. The number of amides is 1. The third-order valence-corrected chi connectivity index (χ3v) is 8.36. The third-order valence-electron chi connectivity index (χ3n) is 8.01. The fourth-order valence-corrected chi connectivity index (χ4v) is 5.94. The number of carbonyl (C=O) groups excluding carboxylic acids is 1. The lowest BCUT2D eigenvalue weighted by Crippen LogP contribution is -2.36. The second-order valence-corrected chi connectivity index (χ2v) is 12.9. The van der Waals surface area contributed by atoms with Crippen LogP contribution in [0.1, 0.15) is 48.7 Å². The Bertz CT molecular complexity index is 2030. The fraction of sp³-hybridized carbons (Fsp3) is 0.343. The Kier molecular flexibility index (Phi) is 10.4. The van der Waals surface area contributed by atoms with E-state index in [2.05, 4.69) is 5.32 Å². The van der Waals surface area contributed by atoms with Gasteiger partial charge in [-0.25, -0.2) is 18.4 Å². The van der Waals surface area contributed by atoms with Crippen LogP contribution in [0.2, 0.25) is 5.02 Å². The van der Waals surface area contributed by atoms with Gasteiger partial charge in [0.05, 0.1) is 49.6 Å². The van der Waals surface area contributed by atoms with E-state index in [4.69, 9.17) is 30.5 Å². The van der Waals surface area contributed by atoms with Crippen molar-refractivity contribution in [2.24, 2.45) is 0 Å². The summed E-state index contributed by atoms with van der Waals surface area (Å²) in [5.74, 6) is -2.81. The first-order valence-electron chi connectivity index (χ1n) is 15.5. The van der Waals surface area contributed by atoms with Gasteiger partial charge in [0.25, 0.3) is 0 Å². The Morgan fingerprint density at radius 1 is 1.06 bits per heavy atom. The number of aromatic carboxylic acids is 1. The molecule has 5 rings (SSSR count). The SMILES string of the molecule is COc1ccc(CNc2cc(-n3cc(C(=O)O)c(=O)c4cc(F)c(OC5CCN(C(=O)OC(C)(C)C)C5)c(Cl)c43)c(CO)cc2F)c(OC)c1. The molecule has 1 fully saturated rings.